The van der Waals surface area contributed by atoms with E-state index in [-0.39, 0.29) is 0 Å². The van der Waals surface area contributed by atoms with Crippen LogP contribution in [0, 0.1) is 0 Å². The van der Waals surface area contributed by atoms with Gasteiger partial charge in [-0.15, -0.1) is 6.58 Å². The van der Waals surface area contributed by atoms with Crippen molar-refractivity contribution in [3.8, 4) is 0 Å². The maximum Gasteiger partial charge on any atom is 0.0568 e. The molecule has 0 rings (SSSR count). The van der Waals surface area contributed by atoms with Crippen molar-refractivity contribution < 1.29 is 0 Å². The van der Waals surface area contributed by atoms with Gasteiger partial charge in [-0.2, -0.15) is 0 Å². The van der Waals surface area contributed by atoms with Crippen molar-refractivity contribution in [3.63, 3.8) is 0 Å². The minimum absolute atomic E-state index is 0.433. The Hall–Kier alpha value is -0.340. The Bertz CT molecular complexity index is 67.3. The van der Waals surface area contributed by atoms with Crippen LogP contribution in [0.4, 0.5) is 0 Å². The molecule has 9 heavy (non-hydrogen) atoms. The lowest BCUT2D eigenvalue weighted by Gasteiger charge is -2.13. The number of hydrogen-bond donors (Lipinski definition) is 2. The van der Waals surface area contributed by atoms with Gasteiger partial charge in [0.05, 0.1) is 6.17 Å². The molecule has 0 fully saturated rings. The van der Waals surface area contributed by atoms with Crippen molar-refractivity contribution in [2.75, 3.05) is 13.6 Å². The van der Waals surface area contributed by atoms with Crippen molar-refractivity contribution in [2.24, 2.45) is 0 Å². The summed E-state index contributed by atoms with van der Waals surface area (Å²) in [4.78, 5) is 0. The first kappa shape index (κ1) is 8.66. The van der Waals surface area contributed by atoms with Crippen LogP contribution in [-0.2, 0) is 0 Å². The highest BCUT2D eigenvalue weighted by Gasteiger charge is 1.96. The lowest BCUT2D eigenvalue weighted by atomic mass is 10.4. The molecule has 0 aromatic carbocycles. The zero-order valence-corrected chi connectivity index (χ0v) is 6.28. The van der Waals surface area contributed by atoms with Gasteiger partial charge in [-0.25, -0.2) is 0 Å². The lowest BCUT2D eigenvalue weighted by Crippen LogP contribution is -2.39. The van der Waals surface area contributed by atoms with E-state index in [1.54, 1.807) is 0 Å². The molecule has 0 aliphatic heterocycles. The molecule has 0 aliphatic carbocycles. The first-order chi connectivity index (χ1) is 4.35. The van der Waals surface area contributed by atoms with Gasteiger partial charge in [0.15, 0.2) is 0 Å². The predicted octanol–water partition coefficient (Wildman–Crippen LogP) is 0.717. The van der Waals surface area contributed by atoms with Crippen LogP contribution in [0.5, 0.6) is 0 Å². The fourth-order valence-electron chi connectivity index (χ4n) is 0.676. The molecule has 0 saturated carbocycles. The second kappa shape index (κ2) is 5.79. The van der Waals surface area contributed by atoms with Crippen LogP contribution in [0.3, 0.4) is 0 Å². The highest BCUT2D eigenvalue weighted by Crippen LogP contribution is 1.81. The summed E-state index contributed by atoms with van der Waals surface area (Å²) in [5.74, 6) is 0. The van der Waals surface area contributed by atoms with Gasteiger partial charge in [0, 0.05) is 6.54 Å². The van der Waals surface area contributed by atoms with E-state index in [1.807, 2.05) is 13.1 Å². The normalized spacial score (nSPS) is 13.1. The number of hydrogen-bond acceptors (Lipinski definition) is 2. The molecule has 1 atom stereocenters. The van der Waals surface area contributed by atoms with E-state index in [0.29, 0.717) is 6.17 Å². The fraction of sp³-hybridized carbons (Fsp3) is 0.714. The number of rotatable bonds is 5. The molecule has 0 bridgehead atoms. The Morgan fingerprint density at radius 1 is 1.67 bits per heavy atom. The first-order valence-electron chi connectivity index (χ1n) is 3.36. The minimum Gasteiger partial charge on any atom is -0.305 e. The maximum atomic E-state index is 3.61. The molecule has 0 aromatic heterocycles. The Morgan fingerprint density at radius 2 is 2.33 bits per heavy atom. The van der Waals surface area contributed by atoms with Crippen LogP contribution in [0.25, 0.3) is 0 Å². The van der Waals surface area contributed by atoms with Crippen LogP contribution >= 0.6 is 0 Å². The molecule has 2 heteroatoms. The molecule has 0 aliphatic rings. The van der Waals surface area contributed by atoms with Crippen molar-refractivity contribution in [1.82, 2.24) is 10.6 Å². The van der Waals surface area contributed by atoms with Gasteiger partial charge in [0.1, 0.15) is 0 Å². The highest BCUT2D eigenvalue weighted by atomic mass is 15.1. The zero-order valence-electron chi connectivity index (χ0n) is 6.28. The molecule has 0 saturated heterocycles. The van der Waals surface area contributed by atoms with E-state index in [4.69, 9.17) is 0 Å². The average molecular weight is 128 g/mol. The van der Waals surface area contributed by atoms with Crippen molar-refractivity contribution >= 4 is 0 Å². The molecule has 0 heterocycles. The van der Waals surface area contributed by atoms with Crippen molar-refractivity contribution in [1.29, 1.82) is 0 Å². The second-order valence-electron chi connectivity index (χ2n) is 1.95. The monoisotopic (exact) mass is 128 g/mol. The summed E-state index contributed by atoms with van der Waals surface area (Å²) < 4.78 is 0. The standard InChI is InChI=1S/C7H16N2/c1-4-6-9-7(5-2)8-3/h4,7-9H,1,5-6H2,2-3H3. The third kappa shape index (κ3) is 4.18. The van der Waals surface area contributed by atoms with Crippen LogP contribution in [0.1, 0.15) is 13.3 Å². The van der Waals surface area contributed by atoms with Gasteiger partial charge >= 0.3 is 0 Å². The van der Waals surface area contributed by atoms with Gasteiger partial charge in [-0.1, -0.05) is 13.0 Å². The molecular weight excluding hydrogens is 112 g/mol. The molecule has 1 unspecified atom stereocenters. The molecule has 0 aromatic rings. The summed E-state index contributed by atoms with van der Waals surface area (Å²) in [6, 6.07) is 0. The first-order valence-corrected chi connectivity index (χ1v) is 3.36. The topological polar surface area (TPSA) is 24.1 Å². The quantitative estimate of drug-likeness (QED) is 0.421. The van der Waals surface area contributed by atoms with E-state index in [1.165, 1.54) is 0 Å². The number of nitrogens with one attached hydrogen (secondary N) is 2. The summed E-state index contributed by atoms with van der Waals surface area (Å²) >= 11 is 0. The predicted molar refractivity (Wildman–Crippen MR) is 41.3 cm³/mol. The summed E-state index contributed by atoms with van der Waals surface area (Å²) in [6.07, 6.45) is 3.40. The fourth-order valence-corrected chi connectivity index (χ4v) is 0.676. The van der Waals surface area contributed by atoms with Crippen molar-refractivity contribution in [3.05, 3.63) is 12.7 Å². The molecule has 0 spiro atoms. The Kier molecular flexibility index (Phi) is 5.57. The van der Waals surface area contributed by atoms with Crippen LogP contribution in [-0.4, -0.2) is 19.8 Å². The van der Waals surface area contributed by atoms with E-state index in [0.717, 1.165) is 13.0 Å². The molecule has 54 valence electrons. The van der Waals surface area contributed by atoms with Gasteiger partial charge < -0.3 is 5.32 Å². The Labute approximate surface area is 57.3 Å². The molecular formula is C7H16N2. The average Bonchev–Trinajstić information content (AvgIpc) is 1.91. The lowest BCUT2D eigenvalue weighted by molar-refractivity contribution is 0.464. The minimum atomic E-state index is 0.433. The summed E-state index contributed by atoms with van der Waals surface area (Å²) in [5, 5.41) is 6.37. The van der Waals surface area contributed by atoms with Crippen LogP contribution in [0.15, 0.2) is 12.7 Å². The van der Waals surface area contributed by atoms with Crippen molar-refractivity contribution in [2.45, 2.75) is 19.5 Å². The molecule has 0 amide bonds. The van der Waals surface area contributed by atoms with Crippen LogP contribution < -0.4 is 10.6 Å². The molecule has 2 nitrogen and oxygen atoms in total. The third-order valence-electron chi connectivity index (χ3n) is 1.27. The van der Waals surface area contributed by atoms with Gasteiger partial charge in [-0.3, -0.25) is 5.32 Å². The van der Waals surface area contributed by atoms with E-state index in [9.17, 15) is 0 Å². The smallest absolute Gasteiger partial charge is 0.0568 e. The third-order valence-corrected chi connectivity index (χ3v) is 1.27. The van der Waals surface area contributed by atoms with Gasteiger partial charge in [0.2, 0.25) is 0 Å². The highest BCUT2D eigenvalue weighted by molar-refractivity contribution is 4.72. The SMILES string of the molecule is C=CCNC(CC)NC. The van der Waals surface area contributed by atoms with Gasteiger partial charge in [0.25, 0.3) is 0 Å². The van der Waals surface area contributed by atoms with E-state index < -0.39 is 0 Å². The Morgan fingerprint density at radius 3 is 2.67 bits per heavy atom. The summed E-state index contributed by atoms with van der Waals surface area (Å²) in [7, 11) is 1.95. The summed E-state index contributed by atoms with van der Waals surface area (Å²) in [6.45, 7) is 6.62. The van der Waals surface area contributed by atoms with E-state index >= 15 is 0 Å². The molecule has 2 N–H and O–H groups in total. The Balaban J connectivity index is 3.19. The largest absolute Gasteiger partial charge is 0.305 e. The maximum absolute atomic E-state index is 3.61. The zero-order chi connectivity index (χ0) is 7.11. The summed E-state index contributed by atoms with van der Waals surface area (Å²) in [5.41, 5.74) is 0. The van der Waals surface area contributed by atoms with Gasteiger partial charge in [-0.05, 0) is 13.5 Å². The molecule has 0 radical (unpaired) electrons. The van der Waals surface area contributed by atoms with Crippen LogP contribution in [0.2, 0.25) is 0 Å². The second-order valence-corrected chi connectivity index (χ2v) is 1.95. The van der Waals surface area contributed by atoms with E-state index in [2.05, 4.69) is 24.1 Å².